The van der Waals surface area contributed by atoms with Gasteiger partial charge in [0.15, 0.2) is 6.61 Å². The molecule has 0 spiro atoms. The van der Waals surface area contributed by atoms with E-state index in [9.17, 15) is 4.79 Å². The summed E-state index contributed by atoms with van der Waals surface area (Å²) in [4.78, 5) is 12.1. The molecule has 0 radical (unpaired) electrons. The predicted octanol–water partition coefficient (Wildman–Crippen LogP) is 2.82. The predicted molar refractivity (Wildman–Crippen MR) is 93.1 cm³/mol. The van der Waals surface area contributed by atoms with Crippen LogP contribution < -0.4 is 10.1 Å². The third kappa shape index (κ3) is 4.24. The molecule has 0 atom stereocenters. The summed E-state index contributed by atoms with van der Waals surface area (Å²) >= 11 is 0. The maximum Gasteiger partial charge on any atom is 0.263 e. The highest BCUT2D eigenvalue weighted by Crippen LogP contribution is 2.16. The summed E-state index contributed by atoms with van der Waals surface area (Å²) < 4.78 is 7.14. The molecule has 25 heavy (non-hydrogen) atoms. The molecule has 124 valence electrons. The number of anilines is 1. The average molecular weight is 332 g/mol. The molecule has 1 heterocycles. The van der Waals surface area contributed by atoms with Gasteiger partial charge in [0, 0.05) is 6.07 Å². The molecule has 0 aliphatic carbocycles. The summed E-state index contributed by atoms with van der Waals surface area (Å²) in [5.41, 5.74) is 1.48. The van der Waals surface area contributed by atoms with Crippen molar-refractivity contribution in [2.45, 2.75) is 6.54 Å². The number of benzene rings is 2. The Labute approximate surface area is 145 Å². The zero-order chi connectivity index (χ0) is 17.5. The molecule has 2 aromatic carbocycles. The number of nitrogens with one attached hydrogen (secondary N) is 1. The van der Waals surface area contributed by atoms with Gasteiger partial charge in [0.25, 0.3) is 5.91 Å². The van der Waals surface area contributed by atoms with Crippen LogP contribution in [0.15, 0.2) is 66.9 Å². The topological polar surface area (TPSA) is 79.9 Å². The minimum atomic E-state index is -0.317. The number of carbonyl (C=O) groups excluding carboxylic acids is 1. The van der Waals surface area contributed by atoms with Gasteiger partial charge in [-0.2, -0.15) is 10.4 Å². The number of nitrogens with zero attached hydrogens (tertiary/aromatic N) is 3. The lowest BCUT2D eigenvalue weighted by molar-refractivity contribution is -0.118. The summed E-state index contributed by atoms with van der Waals surface area (Å²) in [6.45, 7) is 0.372. The molecule has 1 aromatic heterocycles. The van der Waals surface area contributed by atoms with Crippen molar-refractivity contribution in [1.82, 2.24) is 9.78 Å². The fourth-order valence-electron chi connectivity index (χ4n) is 2.33. The van der Waals surface area contributed by atoms with Crippen LogP contribution in [0.1, 0.15) is 11.1 Å². The highest BCUT2D eigenvalue weighted by Gasteiger charge is 2.10. The summed E-state index contributed by atoms with van der Waals surface area (Å²) in [7, 11) is 0. The first kappa shape index (κ1) is 16.3. The van der Waals surface area contributed by atoms with Crippen molar-refractivity contribution in [3.05, 3.63) is 78.0 Å². The van der Waals surface area contributed by atoms with Gasteiger partial charge < -0.3 is 10.1 Å². The summed E-state index contributed by atoms with van der Waals surface area (Å²) in [5, 5.41) is 16.0. The van der Waals surface area contributed by atoms with E-state index in [1.54, 1.807) is 41.2 Å². The maximum atomic E-state index is 12.1. The van der Waals surface area contributed by atoms with Crippen molar-refractivity contribution in [2.75, 3.05) is 11.9 Å². The van der Waals surface area contributed by atoms with Crippen LogP contribution in [0.2, 0.25) is 0 Å². The second kappa shape index (κ2) is 7.79. The Morgan fingerprint density at radius 2 is 1.88 bits per heavy atom. The molecule has 0 aliphatic rings. The van der Waals surface area contributed by atoms with Crippen molar-refractivity contribution in [1.29, 1.82) is 5.26 Å². The zero-order valence-electron chi connectivity index (χ0n) is 13.4. The largest absolute Gasteiger partial charge is 0.482 e. The zero-order valence-corrected chi connectivity index (χ0v) is 13.4. The molecule has 0 saturated carbocycles. The van der Waals surface area contributed by atoms with Crippen LogP contribution in [0.3, 0.4) is 0 Å². The lowest BCUT2D eigenvalue weighted by Crippen LogP contribution is -2.22. The summed E-state index contributed by atoms with van der Waals surface area (Å²) in [5.74, 6) is 0.659. The van der Waals surface area contributed by atoms with Crippen molar-refractivity contribution in [3.63, 3.8) is 0 Å². The first-order chi connectivity index (χ1) is 12.3. The van der Waals surface area contributed by atoms with Gasteiger partial charge in [-0.1, -0.05) is 42.5 Å². The van der Waals surface area contributed by atoms with Crippen LogP contribution in [-0.2, 0) is 11.3 Å². The first-order valence-electron chi connectivity index (χ1n) is 7.74. The van der Waals surface area contributed by atoms with E-state index >= 15 is 0 Å². The molecule has 0 bridgehead atoms. The lowest BCUT2D eigenvalue weighted by Gasteiger charge is -2.10. The minimum absolute atomic E-state index is 0.185. The standard InChI is InChI=1S/C19H16N4O2/c20-12-16-8-4-5-9-17(16)25-14-19(24)22-18-10-11-21-23(18)13-15-6-2-1-3-7-15/h1-11H,13-14H2,(H,22,24). The number of nitriles is 1. The van der Waals surface area contributed by atoms with Gasteiger partial charge in [-0.05, 0) is 17.7 Å². The van der Waals surface area contributed by atoms with Gasteiger partial charge in [-0.3, -0.25) is 4.79 Å². The van der Waals surface area contributed by atoms with Crippen LogP contribution in [0.4, 0.5) is 5.82 Å². The number of amides is 1. The lowest BCUT2D eigenvalue weighted by atomic mass is 10.2. The molecule has 6 heteroatoms. The van der Waals surface area contributed by atoms with Crippen molar-refractivity contribution in [3.8, 4) is 11.8 Å². The number of carbonyl (C=O) groups is 1. The highest BCUT2D eigenvalue weighted by molar-refractivity contribution is 5.91. The third-order valence-electron chi connectivity index (χ3n) is 3.53. The Morgan fingerprint density at radius 3 is 2.68 bits per heavy atom. The van der Waals surface area contributed by atoms with E-state index in [0.717, 1.165) is 5.56 Å². The van der Waals surface area contributed by atoms with Gasteiger partial charge in [0.05, 0.1) is 18.3 Å². The van der Waals surface area contributed by atoms with E-state index in [1.807, 2.05) is 36.4 Å². The fourth-order valence-corrected chi connectivity index (χ4v) is 2.33. The Balaban J connectivity index is 1.60. The second-order valence-corrected chi connectivity index (χ2v) is 5.30. The van der Waals surface area contributed by atoms with E-state index in [2.05, 4.69) is 10.4 Å². The van der Waals surface area contributed by atoms with E-state index < -0.39 is 0 Å². The minimum Gasteiger partial charge on any atom is -0.482 e. The van der Waals surface area contributed by atoms with Crippen LogP contribution in [0, 0.1) is 11.3 Å². The molecule has 0 fully saturated rings. The number of rotatable bonds is 6. The van der Waals surface area contributed by atoms with E-state index in [0.29, 0.717) is 23.7 Å². The van der Waals surface area contributed by atoms with Gasteiger partial charge in [0.1, 0.15) is 17.6 Å². The van der Waals surface area contributed by atoms with Crippen LogP contribution in [-0.4, -0.2) is 22.3 Å². The first-order valence-corrected chi connectivity index (χ1v) is 7.74. The SMILES string of the molecule is N#Cc1ccccc1OCC(=O)Nc1ccnn1Cc1ccccc1. The van der Waals surface area contributed by atoms with E-state index in [4.69, 9.17) is 10.00 Å². The molecule has 6 nitrogen and oxygen atoms in total. The molecule has 1 amide bonds. The van der Waals surface area contributed by atoms with Crippen molar-refractivity contribution in [2.24, 2.45) is 0 Å². The normalized spacial score (nSPS) is 10.0. The van der Waals surface area contributed by atoms with Gasteiger partial charge in [-0.25, -0.2) is 4.68 Å². The van der Waals surface area contributed by atoms with Crippen LogP contribution in [0.25, 0.3) is 0 Å². The smallest absolute Gasteiger partial charge is 0.263 e. The van der Waals surface area contributed by atoms with Crippen molar-refractivity contribution < 1.29 is 9.53 Å². The number of ether oxygens (including phenoxy) is 1. The van der Waals surface area contributed by atoms with Crippen molar-refractivity contribution >= 4 is 11.7 Å². The Bertz CT molecular complexity index is 897. The summed E-state index contributed by atoms with van der Waals surface area (Å²) in [6.07, 6.45) is 1.63. The Hall–Kier alpha value is -3.59. The molecular weight excluding hydrogens is 316 g/mol. The van der Waals surface area contributed by atoms with E-state index in [1.165, 1.54) is 0 Å². The van der Waals surface area contributed by atoms with Crippen LogP contribution >= 0.6 is 0 Å². The molecule has 0 saturated heterocycles. The number of hydrogen-bond acceptors (Lipinski definition) is 4. The molecule has 1 N–H and O–H groups in total. The van der Waals surface area contributed by atoms with Gasteiger partial charge in [-0.15, -0.1) is 0 Å². The number of hydrogen-bond donors (Lipinski definition) is 1. The second-order valence-electron chi connectivity index (χ2n) is 5.30. The summed E-state index contributed by atoms with van der Waals surface area (Å²) in [6, 6.07) is 20.4. The fraction of sp³-hybridized carbons (Fsp3) is 0.105. The Morgan fingerprint density at radius 1 is 1.12 bits per heavy atom. The number of aromatic nitrogens is 2. The van der Waals surface area contributed by atoms with Crippen LogP contribution in [0.5, 0.6) is 5.75 Å². The maximum absolute atomic E-state index is 12.1. The monoisotopic (exact) mass is 332 g/mol. The average Bonchev–Trinajstić information content (AvgIpc) is 3.07. The van der Waals surface area contributed by atoms with E-state index in [-0.39, 0.29) is 12.5 Å². The molecule has 0 unspecified atom stereocenters. The highest BCUT2D eigenvalue weighted by atomic mass is 16.5. The quantitative estimate of drug-likeness (QED) is 0.753. The number of para-hydroxylation sites is 1. The molecular formula is C19H16N4O2. The molecule has 3 aromatic rings. The van der Waals surface area contributed by atoms with Gasteiger partial charge in [0.2, 0.25) is 0 Å². The molecule has 3 rings (SSSR count). The Kier molecular flexibility index (Phi) is 5.07. The van der Waals surface area contributed by atoms with Gasteiger partial charge >= 0.3 is 0 Å². The third-order valence-corrected chi connectivity index (χ3v) is 3.53. The molecule has 0 aliphatic heterocycles.